The summed E-state index contributed by atoms with van der Waals surface area (Å²) < 4.78 is 1.79. The molecule has 3 aromatic rings. The van der Waals surface area contributed by atoms with Gasteiger partial charge < -0.3 is 15.2 Å². The Hall–Kier alpha value is -2.87. The van der Waals surface area contributed by atoms with E-state index in [0.29, 0.717) is 32.1 Å². The predicted octanol–water partition coefficient (Wildman–Crippen LogP) is 5.14. The number of thiophene rings is 1. The van der Waals surface area contributed by atoms with Gasteiger partial charge in [-0.1, -0.05) is 49.3 Å². The number of hydrogen-bond donors (Lipinski definition) is 2. The Kier molecular flexibility index (Phi) is 8.34. The van der Waals surface area contributed by atoms with Crippen LogP contribution < -0.4 is 10.6 Å². The van der Waals surface area contributed by atoms with Crippen LogP contribution in [0.25, 0.3) is 0 Å². The highest BCUT2D eigenvalue weighted by molar-refractivity contribution is 7.99. The van der Waals surface area contributed by atoms with Gasteiger partial charge in [-0.2, -0.15) is 5.26 Å². The van der Waals surface area contributed by atoms with Gasteiger partial charge in [-0.3, -0.25) is 9.59 Å². The van der Waals surface area contributed by atoms with E-state index in [1.165, 1.54) is 28.0 Å². The third-order valence-corrected chi connectivity index (χ3v) is 8.64. The molecular formula is C25H27ClN6O2S2. The fourth-order valence-corrected chi connectivity index (χ4v) is 6.38. The molecule has 0 saturated carbocycles. The van der Waals surface area contributed by atoms with Gasteiger partial charge in [0, 0.05) is 11.9 Å². The van der Waals surface area contributed by atoms with Crippen LogP contribution in [0.4, 0.5) is 5.00 Å². The molecule has 11 heteroatoms. The number of thioether (sulfide) groups is 1. The normalized spacial score (nSPS) is 13.7. The summed E-state index contributed by atoms with van der Waals surface area (Å²) in [5, 5.41) is 25.7. The maximum Gasteiger partial charge on any atom is 0.253 e. The molecule has 4 rings (SSSR count). The van der Waals surface area contributed by atoms with Crippen molar-refractivity contribution in [2.45, 2.75) is 50.7 Å². The molecule has 1 atom stereocenters. The monoisotopic (exact) mass is 542 g/mol. The van der Waals surface area contributed by atoms with Gasteiger partial charge in [0.15, 0.2) is 11.0 Å². The van der Waals surface area contributed by atoms with Crippen LogP contribution in [-0.2, 0) is 24.7 Å². The highest BCUT2D eigenvalue weighted by Gasteiger charge is 2.26. The first-order valence-corrected chi connectivity index (χ1v) is 13.9. The number of nitrogens with one attached hydrogen (secondary N) is 2. The van der Waals surface area contributed by atoms with E-state index in [-0.39, 0.29) is 23.5 Å². The van der Waals surface area contributed by atoms with Crippen LogP contribution in [0.2, 0.25) is 5.02 Å². The zero-order valence-corrected chi connectivity index (χ0v) is 22.7. The Labute approximate surface area is 223 Å². The van der Waals surface area contributed by atoms with Crippen molar-refractivity contribution in [3.05, 3.63) is 56.7 Å². The summed E-state index contributed by atoms with van der Waals surface area (Å²) in [4.78, 5) is 26.8. The van der Waals surface area contributed by atoms with Crippen molar-refractivity contribution >= 4 is 51.5 Å². The quantitative estimate of drug-likeness (QED) is 0.381. The summed E-state index contributed by atoms with van der Waals surface area (Å²) >= 11 is 8.95. The van der Waals surface area contributed by atoms with E-state index in [2.05, 4.69) is 26.9 Å². The van der Waals surface area contributed by atoms with Gasteiger partial charge in [-0.05, 0) is 49.3 Å². The van der Waals surface area contributed by atoms with Gasteiger partial charge in [-0.15, -0.1) is 21.5 Å². The van der Waals surface area contributed by atoms with Crippen LogP contribution in [0, 0.1) is 17.2 Å². The zero-order chi connectivity index (χ0) is 25.8. The van der Waals surface area contributed by atoms with E-state index in [9.17, 15) is 14.9 Å². The highest BCUT2D eigenvalue weighted by Crippen LogP contribution is 2.37. The number of hydrogen-bond acceptors (Lipinski definition) is 7. The van der Waals surface area contributed by atoms with E-state index in [4.69, 9.17) is 11.6 Å². The SMILES string of the molecule is CC(C)[C@H](NC(=O)c1ccccc1Cl)c1nnc(SCC(=O)Nc2sc3c(c2C#N)CCCC3)n1C. The average molecular weight is 543 g/mol. The van der Waals surface area contributed by atoms with Crippen molar-refractivity contribution in [2.75, 3.05) is 11.1 Å². The van der Waals surface area contributed by atoms with Gasteiger partial charge >= 0.3 is 0 Å². The van der Waals surface area contributed by atoms with E-state index < -0.39 is 6.04 Å². The number of rotatable bonds is 8. The van der Waals surface area contributed by atoms with Crippen molar-refractivity contribution in [3.63, 3.8) is 0 Å². The minimum Gasteiger partial charge on any atom is -0.342 e. The van der Waals surface area contributed by atoms with E-state index in [1.807, 2.05) is 20.9 Å². The van der Waals surface area contributed by atoms with Gasteiger partial charge in [0.1, 0.15) is 11.1 Å². The second-order valence-corrected chi connectivity index (χ2v) is 11.4. The molecule has 2 heterocycles. The molecule has 0 saturated heterocycles. The zero-order valence-electron chi connectivity index (χ0n) is 20.3. The molecule has 2 N–H and O–H groups in total. The van der Waals surface area contributed by atoms with Crippen LogP contribution >= 0.6 is 34.7 Å². The number of nitriles is 1. The standard InChI is InChI=1S/C25H27ClN6O2S2/c1-14(2)21(29-23(34)16-9-4-6-10-18(16)26)22-30-31-25(32(22)3)35-13-20(33)28-24-17(12-27)15-8-5-7-11-19(15)36-24/h4,6,9-10,14,21H,5,7-8,11,13H2,1-3H3,(H,28,33)(H,29,34)/t21-/m0/s1. The largest absolute Gasteiger partial charge is 0.342 e. The number of aromatic nitrogens is 3. The van der Waals surface area contributed by atoms with Crippen molar-refractivity contribution in [1.29, 1.82) is 5.26 Å². The number of amides is 2. The first-order valence-electron chi connectivity index (χ1n) is 11.7. The third kappa shape index (κ3) is 5.59. The number of halogens is 1. The van der Waals surface area contributed by atoms with Crippen LogP contribution in [0.3, 0.4) is 0 Å². The number of anilines is 1. The maximum atomic E-state index is 12.9. The average Bonchev–Trinajstić information content (AvgIpc) is 3.40. The molecular weight excluding hydrogens is 516 g/mol. The molecule has 2 amide bonds. The predicted molar refractivity (Wildman–Crippen MR) is 143 cm³/mol. The second kappa shape index (κ2) is 11.5. The Morgan fingerprint density at radius 3 is 2.72 bits per heavy atom. The fraction of sp³-hybridized carbons (Fsp3) is 0.400. The van der Waals surface area contributed by atoms with Crippen LogP contribution in [0.5, 0.6) is 0 Å². The van der Waals surface area contributed by atoms with E-state index in [0.717, 1.165) is 31.2 Å². The number of benzene rings is 1. The van der Waals surface area contributed by atoms with Crippen LogP contribution in [-0.4, -0.2) is 32.3 Å². The van der Waals surface area contributed by atoms with E-state index in [1.54, 1.807) is 28.8 Å². The highest BCUT2D eigenvalue weighted by atomic mass is 35.5. The third-order valence-electron chi connectivity index (χ3n) is 6.09. The molecule has 36 heavy (non-hydrogen) atoms. The molecule has 2 aromatic heterocycles. The molecule has 0 spiro atoms. The lowest BCUT2D eigenvalue weighted by Crippen LogP contribution is -2.33. The van der Waals surface area contributed by atoms with Crippen molar-refractivity contribution in [1.82, 2.24) is 20.1 Å². The van der Waals surface area contributed by atoms with Crippen LogP contribution in [0.15, 0.2) is 29.4 Å². The number of fused-ring (bicyclic) bond motifs is 1. The van der Waals surface area contributed by atoms with Crippen molar-refractivity contribution < 1.29 is 9.59 Å². The van der Waals surface area contributed by atoms with Crippen LogP contribution in [0.1, 0.15) is 64.9 Å². The topological polar surface area (TPSA) is 113 Å². The minimum atomic E-state index is -0.398. The number of nitrogens with zero attached hydrogens (tertiary/aromatic N) is 4. The molecule has 0 bridgehead atoms. The minimum absolute atomic E-state index is 0.0368. The van der Waals surface area contributed by atoms with Crippen molar-refractivity contribution in [2.24, 2.45) is 13.0 Å². The summed E-state index contributed by atoms with van der Waals surface area (Å²) in [7, 11) is 1.81. The number of carbonyl (C=O) groups is 2. The molecule has 1 aromatic carbocycles. The summed E-state index contributed by atoms with van der Waals surface area (Å²) in [6, 6.07) is 8.75. The molecule has 0 aliphatic heterocycles. The Balaban J connectivity index is 1.42. The first-order chi connectivity index (χ1) is 17.3. The van der Waals surface area contributed by atoms with Gasteiger partial charge in [0.25, 0.3) is 5.91 Å². The van der Waals surface area contributed by atoms with Gasteiger partial charge in [0.05, 0.1) is 27.9 Å². The molecule has 8 nitrogen and oxygen atoms in total. The fourth-order valence-electron chi connectivity index (χ4n) is 4.18. The lowest BCUT2D eigenvalue weighted by Gasteiger charge is -2.22. The molecule has 0 unspecified atom stereocenters. The molecule has 1 aliphatic rings. The number of carbonyl (C=O) groups excluding carboxylic acids is 2. The molecule has 1 aliphatic carbocycles. The Morgan fingerprint density at radius 1 is 1.25 bits per heavy atom. The molecule has 188 valence electrons. The lowest BCUT2D eigenvalue weighted by atomic mass is 9.96. The lowest BCUT2D eigenvalue weighted by molar-refractivity contribution is -0.113. The van der Waals surface area contributed by atoms with Gasteiger partial charge in [-0.25, -0.2) is 0 Å². The van der Waals surface area contributed by atoms with E-state index >= 15 is 0 Å². The second-order valence-electron chi connectivity index (χ2n) is 8.94. The maximum absolute atomic E-state index is 12.9. The number of aryl methyl sites for hydroxylation is 1. The first kappa shape index (κ1) is 26.2. The van der Waals surface area contributed by atoms with Crippen molar-refractivity contribution in [3.8, 4) is 6.07 Å². The molecule has 0 fully saturated rings. The summed E-state index contributed by atoms with van der Waals surface area (Å²) in [5.41, 5.74) is 2.08. The summed E-state index contributed by atoms with van der Waals surface area (Å²) in [5.74, 6) is 0.258. The Bertz CT molecular complexity index is 1330. The molecule has 0 radical (unpaired) electrons. The summed E-state index contributed by atoms with van der Waals surface area (Å²) in [6.07, 6.45) is 4.05. The smallest absolute Gasteiger partial charge is 0.253 e. The summed E-state index contributed by atoms with van der Waals surface area (Å²) in [6.45, 7) is 3.97. The van der Waals surface area contributed by atoms with Gasteiger partial charge in [0.2, 0.25) is 5.91 Å². The Morgan fingerprint density at radius 2 is 2.00 bits per heavy atom.